The maximum atomic E-state index is 12.1. The lowest BCUT2D eigenvalue weighted by Crippen LogP contribution is -2.53. The monoisotopic (exact) mass is 325 g/mol. The number of carbonyl (C=O) groups is 1. The predicted octanol–water partition coefficient (Wildman–Crippen LogP) is 1.45. The molecule has 1 N–H and O–H groups in total. The van der Waals surface area contributed by atoms with Crippen LogP contribution in [0.25, 0.3) is 0 Å². The lowest BCUT2D eigenvalue weighted by molar-refractivity contribution is -0.120. The molecule has 0 bridgehead atoms. The van der Waals surface area contributed by atoms with Crippen LogP contribution in [-0.4, -0.2) is 44.2 Å². The summed E-state index contributed by atoms with van der Waals surface area (Å²) >= 11 is 0. The highest BCUT2D eigenvalue weighted by molar-refractivity contribution is 5.81. The minimum atomic E-state index is -0.102. The van der Waals surface area contributed by atoms with Gasteiger partial charge in [-0.2, -0.15) is 5.10 Å². The number of piperidine rings is 1. The Labute approximate surface area is 141 Å². The molecule has 1 atom stereocenters. The molecule has 2 saturated heterocycles. The summed E-state index contributed by atoms with van der Waals surface area (Å²) in [5.74, 6) is 0.410. The Morgan fingerprint density at radius 3 is 2.71 bits per heavy atom. The number of nitrogens with zero attached hydrogens (tertiary/aromatic N) is 4. The van der Waals surface area contributed by atoms with Crippen LogP contribution < -0.4 is 5.32 Å². The molecule has 1 spiro atoms. The summed E-state index contributed by atoms with van der Waals surface area (Å²) in [6.45, 7) is 2.95. The first kappa shape index (κ1) is 15.3. The number of pyridine rings is 1. The van der Waals surface area contributed by atoms with E-state index in [1.165, 1.54) is 11.1 Å². The molecule has 2 aliphatic rings. The summed E-state index contributed by atoms with van der Waals surface area (Å²) in [6, 6.07) is 4.14. The third kappa shape index (κ3) is 2.82. The van der Waals surface area contributed by atoms with E-state index in [-0.39, 0.29) is 17.4 Å². The van der Waals surface area contributed by atoms with Gasteiger partial charge in [-0.3, -0.25) is 19.4 Å². The molecule has 126 valence electrons. The first-order valence-electron chi connectivity index (χ1n) is 8.55. The first-order valence-corrected chi connectivity index (χ1v) is 8.55. The Hall–Kier alpha value is -2.21. The third-order valence-corrected chi connectivity index (χ3v) is 5.48. The Morgan fingerprint density at radius 2 is 2.04 bits per heavy atom. The Kier molecular flexibility index (Phi) is 3.84. The molecule has 24 heavy (non-hydrogen) atoms. The van der Waals surface area contributed by atoms with Crippen molar-refractivity contribution in [3.8, 4) is 0 Å². The number of aryl methyl sites for hydroxylation is 1. The van der Waals surface area contributed by atoms with Crippen LogP contribution in [0.4, 0.5) is 0 Å². The number of hydrogen-bond acceptors (Lipinski definition) is 4. The van der Waals surface area contributed by atoms with Gasteiger partial charge in [0.1, 0.15) is 0 Å². The van der Waals surface area contributed by atoms with Gasteiger partial charge in [0, 0.05) is 63.2 Å². The molecule has 4 rings (SSSR count). The number of nitrogens with one attached hydrogen (secondary N) is 1. The zero-order valence-electron chi connectivity index (χ0n) is 14.0. The van der Waals surface area contributed by atoms with Gasteiger partial charge < -0.3 is 5.32 Å². The SMILES string of the molecule is Cn1cc([C@H]2CC(=O)NC23CCN(Cc2ccncc2)CC3)cn1. The van der Waals surface area contributed by atoms with E-state index in [1.807, 2.05) is 30.3 Å². The Bertz CT molecular complexity index is 718. The molecular formula is C18H23N5O. The number of rotatable bonds is 3. The van der Waals surface area contributed by atoms with E-state index in [0.717, 1.165) is 32.5 Å². The lowest BCUT2D eigenvalue weighted by atomic mass is 9.75. The van der Waals surface area contributed by atoms with Crippen molar-refractivity contribution in [1.29, 1.82) is 0 Å². The molecule has 4 heterocycles. The highest BCUT2D eigenvalue weighted by Gasteiger charge is 2.48. The van der Waals surface area contributed by atoms with Gasteiger partial charge in [0.2, 0.25) is 5.91 Å². The lowest BCUT2D eigenvalue weighted by Gasteiger charge is -2.42. The van der Waals surface area contributed by atoms with Crippen LogP contribution >= 0.6 is 0 Å². The number of hydrogen-bond donors (Lipinski definition) is 1. The second-order valence-electron chi connectivity index (χ2n) is 7.04. The van der Waals surface area contributed by atoms with Crippen molar-refractivity contribution in [2.75, 3.05) is 13.1 Å². The van der Waals surface area contributed by atoms with E-state index in [4.69, 9.17) is 0 Å². The molecule has 2 fully saturated rings. The van der Waals surface area contributed by atoms with Gasteiger partial charge in [0.15, 0.2) is 0 Å². The van der Waals surface area contributed by atoms with Crippen molar-refractivity contribution in [3.63, 3.8) is 0 Å². The molecule has 2 aromatic rings. The summed E-state index contributed by atoms with van der Waals surface area (Å²) in [4.78, 5) is 18.7. The number of amides is 1. The summed E-state index contributed by atoms with van der Waals surface area (Å²) in [7, 11) is 1.93. The van der Waals surface area contributed by atoms with Crippen molar-refractivity contribution in [2.45, 2.75) is 37.3 Å². The fraction of sp³-hybridized carbons (Fsp3) is 0.500. The minimum absolute atomic E-state index is 0.102. The molecule has 2 aliphatic heterocycles. The average molecular weight is 325 g/mol. The third-order valence-electron chi connectivity index (χ3n) is 5.48. The van der Waals surface area contributed by atoms with Gasteiger partial charge in [-0.25, -0.2) is 0 Å². The van der Waals surface area contributed by atoms with Crippen molar-refractivity contribution in [1.82, 2.24) is 25.0 Å². The van der Waals surface area contributed by atoms with Crippen molar-refractivity contribution >= 4 is 5.91 Å². The van der Waals surface area contributed by atoms with Crippen molar-refractivity contribution in [3.05, 3.63) is 48.0 Å². The smallest absolute Gasteiger partial charge is 0.221 e. The molecule has 0 saturated carbocycles. The van der Waals surface area contributed by atoms with Crippen LogP contribution in [0.2, 0.25) is 0 Å². The van der Waals surface area contributed by atoms with Crippen LogP contribution in [0.15, 0.2) is 36.9 Å². The molecule has 0 aliphatic carbocycles. The fourth-order valence-electron chi connectivity index (χ4n) is 4.18. The van der Waals surface area contributed by atoms with Crippen LogP contribution in [0.5, 0.6) is 0 Å². The maximum Gasteiger partial charge on any atom is 0.221 e. The summed E-state index contributed by atoms with van der Waals surface area (Å²) in [5.41, 5.74) is 2.37. The number of likely N-dealkylation sites (tertiary alicyclic amines) is 1. The van der Waals surface area contributed by atoms with Crippen LogP contribution in [-0.2, 0) is 18.4 Å². The molecule has 1 amide bonds. The van der Waals surface area contributed by atoms with Gasteiger partial charge in [-0.05, 0) is 36.1 Å². The van der Waals surface area contributed by atoms with Crippen LogP contribution in [0.3, 0.4) is 0 Å². The van der Waals surface area contributed by atoms with Gasteiger partial charge >= 0.3 is 0 Å². The van der Waals surface area contributed by atoms with E-state index in [2.05, 4.69) is 38.6 Å². The molecule has 0 aromatic carbocycles. The summed E-state index contributed by atoms with van der Waals surface area (Å²) in [6.07, 6.45) is 10.2. The van der Waals surface area contributed by atoms with Crippen LogP contribution in [0.1, 0.15) is 36.3 Å². The summed E-state index contributed by atoms with van der Waals surface area (Å²) in [5, 5.41) is 7.60. The highest BCUT2D eigenvalue weighted by atomic mass is 16.2. The Morgan fingerprint density at radius 1 is 1.29 bits per heavy atom. The normalized spacial score (nSPS) is 23.5. The second-order valence-corrected chi connectivity index (χ2v) is 7.04. The standard InChI is InChI=1S/C18H23N5O/c1-22-13-15(11-20-22)16-10-17(24)21-18(16)4-8-23(9-5-18)12-14-2-6-19-7-3-14/h2-3,6-7,11,13,16H,4-5,8-10,12H2,1H3,(H,21,24)/t16-/m1/s1. The van der Waals surface area contributed by atoms with E-state index < -0.39 is 0 Å². The average Bonchev–Trinajstić information content (AvgIpc) is 3.14. The van der Waals surface area contributed by atoms with E-state index in [1.54, 1.807) is 0 Å². The van der Waals surface area contributed by atoms with Gasteiger partial charge in [-0.1, -0.05) is 0 Å². The molecular weight excluding hydrogens is 302 g/mol. The number of aromatic nitrogens is 3. The largest absolute Gasteiger partial charge is 0.350 e. The first-order chi connectivity index (χ1) is 11.6. The Balaban J connectivity index is 1.47. The second kappa shape index (κ2) is 6.02. The summed E-state index contributed by atoms with van der Waals surface area (Å²) < 4.78 is 1.82. The molecule has 2 aromatic heterocycles. The highest BCUT2D eigenvalue weighted by Crippen LogP contribution is 2.43. The number of carbonyl (C=O) groups excluding carboxylic acids is 1. The van der Waals surface area contributed by atoms with Crippen molar-refractivity contribution < 1.29 is 4.79 Å². The van der Waals surface area contributed by atoms with Gasteiger partial charge in [0.25, 0.3) is 0 Å². The molecule has 6 nitrogen and oxygen atoms in total. The quantitative estimate of drug-likeness (QED) is 0.928. The zero-order valence-corrected chi connectivity index (χ0v) is 14.0. The minimum Gasteiger partial charge on any atom is -0.350 e. The van der Waals surface area contributed by atoms with Crippen LogP contribution in [0, 0.1) is 0 Å². The van der Waals surface area contributed by atoms with E-state index in [9.17, 15) is 4.79 Å². The predicted molar refractivity (Wildman–Crippen MR) is 90.2 cm³/mol. The van der Waals surface area contributed by atoms with E-state index in [0.29, 0.717) is 6.42 Å². The van der Waals surface area contributed by atoms with E-state index >= 15 is 0 Å². The molecule has 0 radical (unpaired) electrons. The maximum absolute atomic E-state index is 12.1. The zero-order chi connectivity index (χ0) is 16.6. The molecule has 6 heteroatoms. The topological polar surface area (TPSA) is 63.1 Å². The van der Waals surface area contributed by atoms with Crippen molar-refractivity contribution in [2.24, 2.45) is 7.05 Å². The van der Waals surface area contributed by atoms with Gasteiger partial charge in [0.05, 0.1) is 6.20 Å². The fourth-order valence-corrected chi connectivity index (χ4v) is 4.18. The molecule has 0 unspecified atom stereocenters. The van der Waals surface area contributed by atoms with Gasteiger partial charge in [-0.15, -0.1) is 0 Å².